The van der Waals surface area contributed by atoms with E-state index in [1.165, 1.54) is 0 Å². The standard InChI is InChI=1S/C17H30N4/c1-7-9-18-10-15-16(21(8-2)12-13(3)4)11-19-17(20-15)14(5)6/h11,14,18H,3,7-10,12H2,1-2,4-6H3. The van der Waals surface area contributed by atoms with Gasteiger partial charge in [-0.25, -0.2) is 9.97 Å². The average molecular weight is 290 g/mol. The summed E-state index contributed by atoms with van der Waals surface area (Å²) in [5, 5.41) is 3.45. The second-order valence-corrected chi connectivity index (χ2v) is 5.86. The van der Waals surface area contributed by atoms with Gasteiger partial charge >= 0.3 is 0 Å². The molecule has 0 aliphatic heterocycles. The fourth-order valence-electron chi connectivity index (χ4n) is 2.18. The normalized spacial score (nSPS) is 11.0. The molecule has 0 amide bonds. The highest BCUT2D eigenvalue weighted by molar-refractivity contribution is 5.50. The largest absolute Gasteiger partial charge is 0.365 e. The van der Waals surface area contributed by atoms with Gasteiger partial charge in [-0.1, -0.05) is 32.9 Å². The number of anilines is 1. The fraction of sp³-hybridized carbons (Fsp3) is 0.647. The zero-order chi connectivity index (χ0) is 15.8. The summed E-state index contributed by atoms with van der Waals surface area (Å²) in [5.74, 6) is 1.26. The molecule has 1 N–H and O–H groups in total. The Bertz CT molecular complexity index is 454. The SMILES string of the molecule is C=C(C)CN(CC)c1cnc(C(C)C)nc1CNCCC. The number of aromatic nitrogens is 2. The molecule has 1 heterocycles. The van der Waals surface area contributed by atoms with Crippen molar-refractivity contribution in [1.82, 2.24) is 15.3 Å². The van der Waals surface area contributed by atoms with Gasteiger partial charge in [-0.15, -0.1) is 0 Å². The number of rotatable bonds is 9. The second-order valence-electron chi connectivity index (χ2n) is 5.86. The third-order valence-electron chi connectivity index (χ3n) is 3.28. The zero-order valence-corrected chi connectivity index (χ0v) is 14.2. The highest BCUT2D eigenvalue weighted by Gasteiger charge is 2.14. The predicted molar refractivity (Wildman–Crippen MR) is 90.8 cm³/mol. The number of hydrogen-bond acceptors (Lipinski definition) is 4. The molecule has 1 aromatic rings. The number of likely N-dealkylation sites (N-methyl/N-ethyl adjacent to an activating group) is 1. The maximum absolute atomic E-state index is 4.78. The van der Waals surface area contributed by atoms with E-state index in [2.05, 4.69) is 56.4 Å². The highest BCUT2D eigenvalue weighted by atomic mass is 15.1. The number of nitrogens with one attached hydrogen (secondary N) is 1. The summed E-state index contributed by atoms with van der Waals surface area (Å²) in [7, 11) is 0. The first-order valence-electron chi connectivity index (χ1n) is 7.95. The molecule has 0 fully saturated rings. The Morgan fingerprint density at radius 2 is 2.10 bits per heavy atom. The molecule has 0 aliphatic rings. The fourth-order valence-corrected chi connectivity index (χ4v) is 2.18. The Hall–Kier alpha value is -1.42. The van der Waals surface area contributed by atoms with Gasteiger partial charge in [0, 0.05) is 25.6 Å². The van der Waals surface area contributed by atoms with E-state index < -0.39 is 0 Å². The molecule has 0 aliphatic carbocycles. The van der Waals surface area contributed by atoms with Crippen molar-refractivity contribution in [3.8, 4) is 0 Å². The molecule has 118 valence electrons. The van der Waals surface area contributed by atoms with Crippen LogP contribution in [0.3, 0.4) is 0 Å². The van der Waals surface area contributed by atoms with E-state index in [0.29, 0.717) is 5.92 Å². The molecule has 0 spiro atoms. The van der Waals surface area contributed by atoms with Crippen LogP contribution in [0.25, 0.3) is 0 Å². The third-order valence-corrected chi connectivity index (χ3v) is 3.28. The summed E-state index contributed by atoms with van der Waals surface area (Å²) in [6.07, 6.45) is 3.10. The first kappa shape index (κ1) is 17.6. The van der Waals surface area contributed by atoms with E-state index in [-0.39, 0.29) is 0 Å². The van der Waals surface area contributed by atoms with Crippen LogP contribution < -0.4 is 10.2 Å². The van der Waals surface area contributed by atoms with Crippen molar-refractivity contribution in [3.63, 3.8) is 0 Å². The maximum Gasteiger partial charge on any atom is 0.131 e. The van der Waals surface area contributed by atoms with Gasteiger partial charge in [0.2, 0.25) is 0 Å². The molecule has 1 rings (SSSR count). The summed E-state index contributed by atoms with van der Waals surface area (Å²) in [5.41, 5.74) is 3.36. The molecule has 1 aromatic heterocycles. The molecule has 0 saturated heterocycles. The van der Waals surface area contributed by atoms with Gasteiger partial charge in [-0.3, -0.25) is 0 Å². The molecule has 4 heteroatoms. The van der Waals surface area contributed by atoms with Crippen LogP contribution in [0.4, 0.5) is 5.69 Å². The van der Waals surface area contributed by atoms with Crippen molar-refractivity contribution >= 4 is 5.69 Å². The van der Waals surface area contributed by atoms with Crippen LogP contribution in [-0.4, -0.2) is 29.6 Å². The molecular formula is C17H30N4. The molecule has 0 bridgehead atoms. The van der Waals surface area contributed by atoms with Gasteiger partial charge in [-0.05, 0) is 26.8 Å². The van der Waals surface area contributed by atoms with Crippen molar-refractivity contribution in [2.24, 2.45) is 0 Å². The van der Waals surface area contributed by atoms with Crippen LogP contribution in [0.15, 0.2) is 18.3 Å². The summed E-state index contributed by atoms with van der Waals surface area (Å²) in [4.78, 5) is 11.6. The summed E-state index contributed by atoms with van der Waals surface area (Å²) < 4.78 is 0. The van der Waals surface area contributed by atoms with E-state index in [1.54, 1.807) is 0 Å². The third kappa shape index (κ3) is 5.46. The van der Waals surface area contributed by atoms with E-state index in [1.807, 2.05) is 6.20 Å². The van der Waals surface area contributed by atoms with Crippen LogP contribution in [0, 0.1) is 0 Å². The van der Waals surface area contributed by atoms with E-state index in [0.717, 1.165) is 55.4 Å². The molecule has 4 nitrogen and oxygen atoms in total. The predicted octanol–water partition coefficient (Wildman–Crippen LogP) is 3.50. The lowest BCUT2D eigenvalue weighted by Gasteiger charge is -2.25. The zero-order valence-electron chi connectivity index (χ0n) is 14.2. The van der Waals surface area contributed by atoms with Gasteiger partial charge < -0.3 is 10.2 Å². The lowest BCUT2D eigenvalue weighted by molar-refractivity contribution is 0.649. The van der Waals surface area contributed by atoms with Crippen molar-refractivity contribution in [2.45, 2.75) is 53.5 Å². The topological polar surface area (TPSA) is 41.1 Å². The van der Waals surface area contributed by atoms with Crippen LogP contribution >= 0.6 is 0 Å². The average Bonchev–Trinajstić information content (AvgIpc) is 2.44. The lowest BCUT2D eigenvalue weighted by Crippen LogP contribution is -2.28. The van der Waals surface area contributed by atoms with Crippen molar-refractivity contribution in [2.75, 3.05) is 24.5 Å². The summed E-state index contributed by atoms with van der Waals surface area (Å²) in [6, 6.07) is 0. The first-order valence-corrected chi connectivity index (χ1v) is 7.95. The van der Waals surface area contributed by atoms with E-state index >= 15 is 0 Å². The molecule has 0 aromatic carbocycles. The molecule has 0 saturated carbocycles. The Morgan fingerprint density at radius 3 is 2.62 bits per heavy atom. The minimum absolute atomic E-state index is 0.347. The molecule has 0 atom stereocenters. The number of hydrogen-bond donors (Lipinski definition) is 1. The van der Waals surface area contributed by atoms with Crippen molar-refractivity contribution in [1.29, 1.82) is 0 Å². The minimum Gasteiger partial charge on any atom is -0.365 e. The van der Waals surface area contributed by atoms with Gasteiger partial charge in [-0.2, -0.15) is 0 Å². The first-order chi connectivity index (χ1) is 9.99. The summed E-state index contributed by atoms with van der Waals surface area (Å²) in [6.45, 7) is 18.2. The van der Waals surface area contributed by atoms with Gasteiger partial charge in [0.05, 0.1) is 17.6 Å². The van der Waals surface area contributed by atoms with Crippen LogP contribution in [-0.2, 0) is 6.54 Å². The molecule has 0 radical (unpaired) electrons. The minimum atomic E-state index is 0.347. The Morgan fingerprint density at radius 1 is 1.38 bits per heavy atom. The Balaban J connectivity index is 3.06. The molecule has 0 unspecified atom stereocenters. The van der Waals surface area contributed by atoms with Crippen LogP contribution in [0.1, 0.15) is 58.5 Å². The van der Waals surface area contributed by atoms with Crippen LogP contribution in [0.5, 0.6) is 0 Å². The maximum atomic E-state index is 4.78. The van der Waals surface area contributed by atoms with Crippen LogP contribution in [0.2, 0.25) is 0 Å². The molecular weight excluding hydrogens is 260 g/mol. The second kappa shape index (κ2) is 8.78. The van der Waals surface area contributed by atoms with Gasteiger partial charge in [0.1, 0.15) is 5.82 Å². The van der Waals surface area contributed by atoms with Gasteiger partial charge in [0.25, 0.3) is 0 Å². The smallest absolute Gasteiger partial charge is 0.131 e. The summed E-state index contributed by atoms with van der Waals surface area (Å²) >= 11 is 0. The van der Waals surface area contributed by atoms with Crippen molar-refractivity contribution < 1.29 is 0 Å². The quantitative estimate of drug-likeness (QED) is 0.558. The number of nitrogens with zero attached hydrogens (tertiary/aromatic N) is 3. The van der Waals surface area contributed by atoms with E-state index in [9.17, 15) is 0 Å². The highest BCUT2D eigenvalue weighted by Crippen LogP contribution is 2.21. The monoisotopic (exact) mass is 290 g/mol. The van der Waals surface area contributed by atoms with E-state index in [4.69, 9.17) is 4.98 Å². The molecule has 21 heavy (non-hydrogen) atoms. The lowest BCUT2D eigenvalue weighted by atomic mass is 10.2. The van der Waals surface area contributed by atoms with Crippen molar-refractivity contribution in [3.05, 3.63) is 29.9 Å². The Kier molecular flexibility index (Phi) is 7.37. The Labute approximate surface area is 129 Å². The van der Waals surface area contributed by atoms with Gasteiger partial charge in [0.15, 0.2) is 0 Å².